The molecular weight excluding hydrogens is 316 g/mol. The topological polar surface area (TPSA) is 54.7 Å². The zero-order valence-corrected chi connectivity index (χ0v) is 14.5. The predicted molar refractivity (Wildman–Crippen MR) is 94.2 cm³/mol. The summed E-state index contributed by atoms with van der Waals surface area (Å²) in [5, 5.41) is 2.98. The maximum Gasteiger partial charge on any atom is 0.286 e. The van der Waals surface area contributed by atoms with Crippen LogP contribution in [0.2, 0.25) is 0 Å². The molecule has 5 nitrogen and oxygen atoms in total. The fraction of sp³-hybridized carbons (Fsp3) is 0.450. The Morgan fingerprint density at radius 2 is 2.12 bits per heavy atom. The largest absolute Gasteiger partial charge is 0.459 e. The first kappa shape index (κ1) is 16.4. The van der Waals surface area contributed by atoms with Crippen molar-refractivity contribution >= 4 is 5.91 Å². The number of likely N-dealkylation sites (tertiary alicyclic amines) is 1. The molecule has 2 fully saturated rings. The summed E-state index contributed by atoms with van der Waals surface area (Å²) in [7, 11) is 0. The summed E-state index contributed by atoms with van der Waals surface area (Å²) < 4.78 is 11.1. The monoisotopic (exact) mass is 340 g/mol. The molecule has 25 heavy (non-hydrogen) atoms. The smallest absolute Gasteiger partial charge is 0.286 e. The summed E-state index contributed by atoms with van der Waals surface area (Å²) in [6, 6.07) is 12.0. The van der Waals surface area contributed by atoms with Gasteiger partial charge >= 0.3 is 0 Å². The van der Waals surface area contributed by atoms with Crippen molar-refractivity contribution in [1.29, 1.82) is 0 Å². The van der Waals surface area contributed by atoms with E-state index in [0.717, 1.165) is 26.2 Å². The van der Waals surface area contributed by atoms with Gasteiger partial charge in [-0.05, 0) is 30.2 Å². The van der Waals surface area contributed by atoms with E-state index in [2.05, 4.69) is 41.4 Å². The molecule has 1 aromatic carbocycles. The summed E-state index contributed by atoms with van der Waals surface area (Å²) in [6.45, 7) is 6.50. The fourth-order valence-electron chi connectivity index (χ4n) is 3.97. The van der Waals surface area contributed by atoms with E-state index in [0.29, 0.717) is 24.1 Å². The van der Waals surface area contributed by atoms with E-state index in [-0.39, 0.29) is 12.0 Å². The number of hydrogen-bond acceptors (Lipinski definition) is 4. The maximum atomic E-state index is 12.0. The van der Waals surface area contributed by atoms with Crippen molar-refractivity contribution in [2.75, 3.05) is 26.2 Å². The number of ether oxygens (including phenoxy) is 1. The summed E-state index contributed by atoms with van der Waals surface area (Å²) in [6.07, 6.45) is 1.80. The lowest BCUT2D eigenvalue weighted by Gasteiger charge is -2.20. The number of rotatable bonds is 5. The van der Waals surface area contributed by atoms with Crippen molar-refractivity contribution in [2.24, 2.45) is 11.8 Å². The molecule has 3 atom stereocenters. The first-order valence-corrected chi connectivity index (χ1v) is 8.91. The normalized spacial score (nSPS) is 25.9. The van der Waals surface area contributed by atoms with E-state index in [4.69, 9.17) is 9.15 Å². The molecule has 0 aliphatic carbocycles. The number of carbonyl (C=O) groups excluding carboxylic acids is 1. The molecule has 0 spiro atoms. The predicted octanol–water partition coefficient (Wildman–Crippen LogP) is 2.46. The number of benzene rings is 1. The summed E-state index contributed by atoms with van der Waals surface area (Å²) >= 11 is 0. The molecule has 2 aliphatic rings. The first-order chi connectivity index (χ1) is 12.2. The zero-order chi connectivity index (χ0) is 17.2. The molecule has 0 unspecified atom stereocenters. The Balaban J connectivity index is 1.32. The molecule has 1 amide bonds. The Morgan fingerprint density at radius 3 is 2.92 bits per heavy atom. The number of nitrogens with one attached hydrogen (secondary N) is 1. The van der Waals surface area contributed by atoms with Gasteiger partial charge in [0.1, 0.15) is 0 Å². The van der Waals surface area contributed by atoms with Crippen LogP contribution >= 0.6 is 0 Å². The van der Waals surface area contributed by atoms with Crippen molar-refractivity contribution in [2.45, 2.75) is 19.6 Å². The fourth-order valence-corrected chi connectivity index (χ4v) is 3.97. The zero-order valence-electron chi connectivity index (χ0n) is 14.5. The number of amides is 1. The second-order valence-electron chi connectivity index (χ2n) is 7.10. The van der Waals surface area contributed by atoms with Crippen LogP contribution < -0.4 is 5.32 Å². The van der Waals surface area contributed by atoms with Crippen LogP contribution in [0.25, 0.3) is 0 Å². The van der Waals surface area contributed by atoms with Crippen LogP contribution in [0.3, 0.4) is 0 Å². The minimum atomic E-state index is -0.150. The number of fused-ring (bicyclic) bond motifs is 1. The third-order valence-corrected chi connectivity index (χ3v) is 5.44. The molecule has 2 aromatic rings. The molecule has 2 aliphatic heterocycles. The highest BCUT2D eigenvalue weighted by Gasteiger charge is 2.43. The van der Waals surface area contributed by atoms with Crippen LogP contribution in [0.4, 0.5) is 0 Å². The molecule has 3 heterocycles. The molecule has 0 saturated carbocycles. The molecule has 4 rings (SSSR count). The summed E-state index contributed by atoms with van der Waals surface area (Å²) in [5.41, 5.74) is 2.72. The summed E-state index contributed by atoms with van der Waals surface area (Å²) in [5.74, 6) is 1.07. The maximum absolute atomic E-state index is 12.0. The average Bonchev–Trinajstić information content (AvgIpc) is 3.32. The van der Waals surface area contributed by atoms with Crippen molar-refractivity contribution in [1.82, 2.24) is 10.2 Å². The second-order valence-corrected chi connectivity index (χ2v) is 7.10. The molecule has 5 heteroatoms. The second kappa shape index (κ2) is 7.02. The SMILES string of the molecule is Cc1ccccc1CN1C[C@@H]2[C@@H](CNC(=O)c3ccco3)CO[C@@H]2C1. The molecule has 1 N–H and O–H groups in total. The van der Waals surface area contributed by atoms with Crippen LogP contribution in [0.15, 0.2) is 47.1 Å². The van der Waals surface area contributed by atoms with Gasteiger partial charge in [-0.2, -0.15) is 0 Å². The van der Waals surface area contributed by atoms with Crippen LogP contribution in [0, 0.1) is 18.8 Å². The first-order valence-electron chi connectivity index (χ1n) is 8.91. The van der Waals surface area contributed by atoms with Gasteiger partial charge < -0.3 is 14.5 Å². The van der Waals surface area contributed by atoms with Crippen LogP contribution in [-0.4, -0.2) is 43.2 Å². The minimum absolute atomic E-state index is 0.150. The van der Waals surface area contributed by atoms with Gasteiger partial charge in [-0.25, -0.2) is 0 Å². The number of furan rings is 1. The van der Waals surface area contributed by atoms with Gasteiger partial charge in [-0.3, -0.25) is 9.69 Å². The molecule has 2 saturated heterocycles. The van der Waals surface area contributed by atoms with Crippen molar-refractivity contribution in [3.05, 3.63) is 59.5 Å². The highest BCUT2D eigenvalue weighted by atomic mass is 16.5. The molecule has 0 bridgehead atoms. The number of nitrogens with zero attached hydrogens (tertiary/aromatic N) is 1. The van der Waals surface area contributed by atoms with Crippen LogP contribution in [0.1, 0.15) is 21.7 Å². The Hall–Kier alpha value is -2.11. The molecule has 0 radical (unpaired) electrons. The van der Waals surface area contributed by atoms with E-state index < -0.39 is 0 Å². The Morgan fingerprint density at radius 1 is 1.24 bits per heavy atom. The molecular formula is C20H24N2O3. The lowest BCUT2D eigenvalue weighted by atomic mass is 9.93. The lowest BCUT2D eigenvalue weighted by molar-refractivity contribution is 0.0887. The minimum Gasteiger partial charge on any atom is -0.459 e. The number of carbonyl (C=O) groups is 1. The van der Waals surface area contributed by atoms with E-state index in [9.17, 15) is 4.79 Å². The van der Waals surface area contributed by atoms with Gasteiger partial charge in [0.15, 0.2) is 5.76 Å². The highest BCUT2D eigenvalue weighted by Crippen LogP contribution is 2.34. The van der Waals surface area contributed by atoms with Crippen molar-refractivity contribution < 1.29 is 13.9 Å². The Labute approximate surface area is 148 Å². The van der Waals surface area contributed by atoms with Crippen molar-refractivity contribution in [3.63, 3.8) is 0 Å². The van der Waals surface area contributed by atoms with Gasteiger partial charge in [0.05, 0.1) is 19.0 Å². The van der Waals surface area contributed by atoms with E-state index in [1.54, 1.807) is 12.1 Å². The number of hydrogen-bond donors (Lipinski definition) is 1. The Kier molecular flexibility index (Phi) is 4.59. The van der Waals surface area contributed by atoms with E-state index >= 15 is 0 Å². The molecule has 1 aromatic heterocycles. The number of aryl methyl sites for hydroxylation is 1. The van der Waals surface area contributed by atoms with E-state index in [1.165, 1.54) is 17.4 Å². The average molecular weight is 340 g/mol. The third-order valence-electron chi connectivity index (χ3n) is 5.44. The van der Waals surface area contributed by atoms with Crippen LogP contribution in [-0.2, 0) is 11.3 Å². The Bertz CT molecular complexity index is 728. The molecule has 132 valence electrons. The summed E-state index contributed by atoms with van der Waals surface area (Å²) in [4.78, 5) is 14.5. The highest BCUT2D eigenvalue weighted by molar-refractivity contribution is 5.91. The van der Waals surface area contributed by atoms with Gasteiger partial charge in [-0.15, -0.1) is 0 Å². The van der Waals surface area contributed by atoms with Gasteiger partial charge in [0, 0.05) is 38.0 Å². The van der Waals surface area contributed by atoms with Crippen molar-refractivity contribution in [3.8, 4) is 0 Å². The van der Waals surface area contributed by atoms with E-state index in [1.807, 2.05) is 0 Å². The standard InChI is InChI=1S/C20H24N2O3/c1-14-5-2-3-6-15(14)10-22-11-17-16(13-25-19(17)12-22)9-21-20(23)18-7-4-8-24-18/h2-8,16-17,19H,9-13H2,1H3,(H,21,23)/t16-,17+,19+/m0/s1. The van der Waals surface area contributed by atoms with Gasteiger partial charge in [0.25, 0.3) is 5.91 Å². The lowest BCUT2D eigenvalue weighted by Crippen LogP contribution is -2.34. The third kappa shape index (κ3) is 3.48. The van der Waals surface area contributed by atoms with Gasteiger partial charge in [-0.1, -0.05) is 24.3 Å². The van der Waals surface area contributed by atoms with Crippen LogP contribution in [0.5, 0.6) is 0 Å². The quantitative estimate of drug-likeness (QED) is 0.908. The van der Waals surface area contributed by atoms with Gasteiger partial charge in [0.2, 0.25) is 0 Å².